The summed E-state index contributed by atoms with van der Waals surface area (Å²) in [4.78, 5) is 39.0. The van der Waals surface area contributed by atoms with Crippen LogP contribution < -0.4 is 11.2 Å². The number of nitrogens with one attached hydrogen (secondary N) is 1. The van der Waals surface area contributed by atoms with E-state index in [0.29, 0.717) is 24.9 Å². The molecule has 1 aliphatic heterocycles. The number of rotatable bonds is 6. The number of carboxylic acids is 1. The van der Waals surface area contributed by atoms with Crippen molar-refractivity contribution < 1.29 is 9.90 Å². The van der Waals surface area contributed by atoms with Crippen LogP contribution in [0.4, 0.5) is 0 Å². The minimum atomic E-state index is -0.755. The fraction of sp³-hybridized carbons (Fsp3) is 0.643. The van der Waals surface area contributed by atoms with Crippen LogP contribution in [-0.2, 0) is 24.8 Å². The van der Waals surface area contributed by atoms with Gasteiger partial charge in [0.25, 0.3) is 5.56 Å². The molecule has 21 heavy (non-hydrogen) atoms. The molecule has 0 aromatic carbocycles. The quantitative estimate of drug-likeness (QED) is 0.725. The highest BCUT2D eigenvalue weighted by Gasteiger charge is 2.20. The Labute approximate surface area is 122 Å². The number of carbonyl (C=O) groups is 1. The summed E-state index contributed by atoms with van der Waals surface area (Å²) in [6, 6.07) is 0. The Hall–Kier alpha value is -1.89. The Morgan fingerprint density at radius 2 is 2.05 bits per heavy atom. The first kappa shape index (κ1) is 15.5. The summed E-state index contributed by atoms with van der Waals surface area (Å²) < 4.78 is 1.11. The van der Waals surface area contributed by atoms with Crippen molar-refractivity contribution in [2.75, 3.05) is 13.1 Å². The number of hydrogen-bond acceptors (Lipinski definition) is 4. The SMILES string of the molecule is Cn1c(=O)[nH]c2c(c1=O)CN(CCCCCC(=O)O)CC2. The van der Waals surface area contributed by atoms with Crippen LogP contribution in [0.2, 0.25) is 0 Å². The van der Waals surface area contributed by atoms with E-state index in [1.54, 1.807) is 0 Å². The zero-order valence-electron chi connectivity index (χ0n) is 12.2. The van der Waals surface area contributed by atoms with E-state index in [-0.39, 0.29) is 17.7 Å². The predicted molar refractivity (Wildman–Crippen MR) is 77.4 cm³/mol. The molecule has 7 heteroatoms. The lowest BCUT2D eigenvalue weighted by molar-refractivity contribution is -0.137. The number of aliphatic carboxylic acids is 1. The van der Waals surface area contributed by atoms with Crippen molar-refractivity contribution in [3.8, 4) is 0 Å². The molecule has 0 saturated heterocycles. The maximum Gasteiger partial charge on any atom is 0.328 e. The first-order valence-electron chi connectivity index (χ1n) is 7.24. The topological polar surface area (TPSA) is 95.4 Å². The molecule has 1 aromatic heterocycles. The number of hydrogen-bond donors (Lipinski definition) is 2. The Morgan fingerprint density at radius 1 is 1.29 bits per heavy atom. The molecule has 1 aliphatic rings. The van der Waals surface area contributed by atoms with Gasteiger partial charge in [-0.25, -0.2) is 4.79 Å². The number of aromatic nitrogens is 2. The molecule has 2 heterocycles. The van der Waals surface area contributed by atoms with Gasteiger partial charge in [-0.3, -0.25) is 19.1 Å². The first-order valence-corrected chi connectivity index (χ1v) is 7.24. The normalized spacial score (nSPS) is 14.9. The van der Waals surface area contributed by atoms with E-state index in [1.807, 2.05) is 0 Å². The van der Waals surface area contributed by atoms with Gasteiger partial charge in [-0.05, 0) is 19.4 Å². The molecule has 0 fully saturated rings. The summed E-state index contributed by atoms with van der Waals surface area (Å²) >= 11 is 0. The Kier molecular flexibility index (Phi) is 4.95. The van der Waals surface area contributed by atoms with Crippen molar-refractivity contribution in [1.82, 2.24) is 14.5 Å². The van der Waals surface area contributed by atoms with Gasteiger partial charge in [-0.2, -0.15) is 0 Å². The van der Waals surface area contributed by atoms with Gasteiger partial charge in [0, 0.05) is 38.7 Å². The van der Waals surface area contributed by atoms with E-state index in [4.69, 9.17) is 5.11 Å². The molecule has 0 unspecified atom stereocenters. The standard InChI is InChI=1S/C14H21N3O4/c1-16-13(20)10-9-17(7-4-2-3-5-12(18)19)8-6-11(10)15-14(16)21/h2-9H2,1H3,(H,15,21)(H,18,19). The van der Waals surface area contributed by atoms with Gasteiger partial charge in [-0.15, -0.1) is 0 Å². The number of H-pyrrole nitrogens is 1. The van der Waals surface area contributed by atoms with E-state index in [2.05, 4.69) is 9.88 Å². The molecule has 0 amide bonds. The summed E-state index contributed by atoms with van der Waals surface area (Å²) in [5.41, 5.74) is 0.851. The summed E-state index contributed by atoms with van der Waals surface area (Å²) in [6.45, 7) is 2.22. The fourth-order valence-electron chi connectivity index (χ4n) is 2.64. The van der Waals surface area contributed by atoms with Gasteiger partial charge in [0.1, 0.15) is 0 Å². The third kappa shape index (κ3) is 3.81. The second-order valence-corrected chi connectivity index (χ2v) is 5.48. The summed E-state index contributed by atoms with van der Waals surface area (Å²) in [7, 11) is 1.48. The highest BCUT2D eigenvalue weighted by molar-refractivity contribution is 5.66. The van der Waals surface area contributed by atoms with Crippen molar-refractivity contribution >= 4 is 5.97 Å². The lowest BCUT2D eigenvalue weighted by atomic mass is 10.1. The zero-order valence-corrected chi connectivity index (χ0v) is 12.2. The second-order valence-electron chi connectivity index (χ2n) is 5.48. The highest BCUT2D eigenvalue weighted by atomic mass is 16.4. The maximum absolute atomic E-state index is 12.1. The van der Waals surface area contributed by atoms with Crippen LogP contribution in [-0.4, -0.2) is 38.6 Å². The van der Waals surface area contributed by atoms with E-state index >= 15 is 0 Å². The number of carboxylic acid groups (broad SMARTS) is 1. The highest BCUT2D eigenvalue weighted by Crippen LogP contribution is 2.13. The zero-order chi connectivity index (χ0) is 15.4. The fourth-order valence-corrected chi connectivity index (χ4v) is 2.64. The van der Waals surface area contributed by atoms with Crippen LogP contribution in [0.3, 0.4) is 0 Å². The molecule has 0 saturated carbocycles. The molecule has 2 N–H and O–H groups in total. The molecule has 0 atom stereocenters. The average Bonchev–Trinajstić information content (AvgIpc) is 2.45. The molecule has 2 rings (SSSR count). The molecule has 0 spiro atoms. The Morgan fingerprint density at radius 3 is 2.76 bits per heavy atom. The van der Waals surface area contributed by atoms with Crippen LogP contribution >= 0.6 is 0 Å². The van der Waals surface area contributed by atoms with Crippen LogP contribution in [0.25, 0.3) is 0 Å². The van der Waals surface area contributed by atoms with Gasteiger partial charge >= 0.3 is 11.7 Å². The summed E-state index contributed by atoms with van der Waals surface area (Å²) in [6.07, 6.45) is 3.38. The number of fused-ring (bicyclic) bond motifs is 1. The molecular weight excluding hydrogens is 274 g/mol. The number of unbranched alkanes of at least 4 members (excludes halogenated alkanes) is 2. The second kappa shape index (κ2) is 6.71. The minimum Gasteiger partial charge on any atom is -0.481 e. The Bertz CT molecular complexity index is 632. The largest absolute Gasteiger partial charge is 0.481 e. The summed E-state index contributed by atoms with van der Waals surface area (Å²) in [5.74, 6) is -0.755. The van der Waals surface area contributed by atoms with E-state index in [9.17, 15) is 14.4 Å². The smallest absolute Gasteiger partial charge is 0.328 e. The van der Waals surface area contributed by atoms with E-state index in [0.717, 1.165) is 36.2 Å². The van der Waals surface area contributed by atoms with Gasteiger partial charge in [0.15, 0.2) is 0 Å². The van der Waals surface area contributed by atoms with E-state index in [1.165, 1.54) is 7.05 Å². The van der Waals surface area contributed by atoms with Gasteiger partial charge < -0.3 is 10.1 Å². The van der Waals surface area contributed by atoms with Crippen LogP contribution in [0.5, 0.6) is 0 Å². The van der Waals surface area contributed by atoms with E-state index < -0.39 is 5.97 Å². The molecule has 0 radical (unpaired) electrons. The molecular formula is C14H21N3O4. The van der Waals surface area contributed by atoms with Crippen LogP contribution in [0.15, 0.2) is 9.59 Å². The van der Waals surface area contributed by atoms with Crippen molar-refractivity contribution in [1.29, 1.82) is 0 Å². The maximum atomic E-state index is 12.1. The Balaban J connectivity index is 1.91. The summed E-state index contributed by atoms with van der Waals surface area (Å²) in [5, 5.41) is 8.57. The van der Waals surface area contributed by atoms with Gasteiger partial charge in [-0.1, -0.05) is 6.42 Å². The monoisotopic (exact) mass is 295 g/mol. The number of nitrogens with zero attached hydrogens (tertiary/aromatic N) is 2. The van der Waals surface area contributed by atoms with Crippen molar-refractivity contribution in [3.05, 3.63) is 32.1 Å². The number of aromatic amines is 1. The third-order valence-corrected chi connectivity index (χ3v) is 3.91. The molecule has 0 aliphatic carbocycles. The van der Waals surface area contributed by atoms with Gasteiger partial charge in [0.05, 0.1) is 5.56 Å². The predicted octanol–water partition coefficient (Wildman–Crippen LogP) is 0.0767. The first-order chi connectivity index (χ1) is 9.99. The lowest BCUT2D eigenvalue weighted by Crippen LogP contribution is -2.42. The van der Waals surface area contributed by atoms with Crippen LogP contribution in [0.1, 0.15) is 36.9 Å². The average molecular weight is 295 g/mol. The lowest BCUT2D eigenvalue weighted by Gasteiger charge is -2.27. The van der Waals surface area contributed by atoms with Crippen LogP contribution in [0, 0.1) is 0 Å². The molecule has 0 bridgehead atoms. The molecule has 7 nitrogen and oxygen atoms in total. The molecule has 116 valence electrons. The third-order valence-electron chi connectivity index (χ3n) is 3.91. The van der Waals surface area contributed by atoms with Gasteiger partial charge in [0.2, 0.25) is 0 Å². The van der Waals surface area contributed by atoms with Crippen molar-refractivity contribution in [3.63, 3.8) is 0 Å². The molecule has 1 aromatic rings. The minimum absolute atomic E-state index is 0.213. The van der Waals surface area contributed by atoms with Crippen molar-refractivity contribution in [2.24, 2.45) is 7.05 Å². The van der Waals surface area contributed by atoms with Crippen molar-refractivity contribution in [2.45, 2.75) is 38.6 Å².